The minimum absolute atomic E-state index is 0.452. The lowest BCUT2D eigenvalue weighted by molar-refractivity contribution is 0.00578. The van der Waals surface area contributed by atoms with Crippen LogP contribution in [0.2, 0.25) is 0 Å². The maximum absolute atomic E-state index is 10.9. The smallest absolute Gasteiger partial charge is 0.399 e. The summed E-state index contributed by atoms with van der Waals surface area (Å²) in [4.78, 5) is 15.3. The van der Waals surface area contributed by atoms with Crippen LogP contribution in [0.15, 0.2) is 236 Å². The normalized spacial score (nSPS) is 15.4. The Morgan fingerprint density at radius 3 is 0.870 bits per heavy atom. The third-order valence-electron chi connectivity index (χ3n) is 24.4. The van der Waals surface area contributed by atoms with Crippen molar-refractivity contribution in [3.8, 4) is 11.1 Å². The van der Waals surface area contributed by atoms with Crippen molar-refractivity contribution in [1.82, 2.24) is 0 Å². The van der Waals surface area contributed by atoms with Gasteiger partial charge in [0.05, 0.1) is 27.8 Å². The maximum atomic E-state index is 10.9. The zero-order valence-corrected chi connectivity index (χ0v) is 77.2. The zero-order valence-electron chi connectivity index (χ0n) is 70.9. The number of hydrogen-bond donors (Lipinski definition) is 0. The Morgan fingerprint density at radius 2 is 0.609 bits per heavy atom. The molecule has 7 nitrogen and oxygen atoms in total. The predicted molar refractivity (Wildman–Crippen MR) is 504 cm³/mol. The van der Waals surface area contributed by atoms with Crippen molar-refractivity contribution >= 4 is 129 Å². The van der Waals surface area contributed by atoms with E-state index in [1.54, 1.807) is 0 Å². The highest BCUT2D eigenvalue weighted by Crippen LogP contribution is 2.57. The van der Waals surface area contributed by atoms with E-state index in [1.807, 2.05) is 48.5 Å². The number of nitrogens with zero attached hydrogens (tertiary/aromatic N) is 2. The third kappa shape index (κ3) is 21.9. The van der Waals surface area contributed by atoms with Gasteiger partial charge in [-0.3, -0.25) is 4.79 Å². The molecule has 3 aliphatic rings. The monoisotopic (exact) mass is 1790 g/mol. The van der Waals surface area contributed by atoms with Gasteiger partial charge >= 0.3 is 14.2 Å². The van der Waals surface area contributed by atoms with Crippen LogP contribution in [-0.4, -0.2) is 42.9 Å². The minimum atomic E-state index is -0.626. The lowest BCUT2D eigenvalue weighted by atomic mass is 9.64. The number of fused-ring (bicyclic) bond motifs is 3. The number of aldehydes is 1. The van der Waals surface area contributed by atoms with E-state index >= 15 is 0 Å². The van der Waals surface area contributed by atoms with Crippen molar-refractivity contribution in [3.05, 3.63) is 292 Å². The number of hydrogen-bond acceptors (Lipinski definition) is 7. The number of halogens is 4. The molecule has 2 fully saturated rings. The largest absolute Gasteiger partial charge is 0.494 e. The lowest BCUT2D eigenvalue weighted by Gasteiger charge is -2.36. The first-order valence-corrected chi connectivity index (χ1v) is 46.0. The standard InChI is InChI=1S/C61H88B2O4.C22H21Br2N.C19H13Br2NO/c1-13-17-21-25-29-45-37-46(30-26-22-18-14-2)40-49(39-45)61(50-41-47(31-27-23-19-15-3)38-48(42-50)32-28-24-20-16-4)55-43-51(62-64-57(5,6)58(7,8)65-62)33-35-53(55)54-36-34-52(44-56(54)61)63-66-59(9,10)60(11,12)67-63;1-3-16(2)17-4-10-20(11-5-17)25(21-12-6-18(23)7-13-21)22-14-8-19(24)9-15-22;20-15-3-9-18(10-4-15)22(19-11-5-16(21)6-12-19)17-7-1-14(13-23)2-8-17/h33-44H,13-32H2,1-12H3;4-16H,3H2,1-2H3;1-13H. The van der Waals surface area contributed by atoms with Gasteiger partial charge in [0, 0.05) is 57.6 Å². The summed E-state index contributed by atoms with van der Waals surface area (Å²) in [5.41, 5.74) is 22.1. The molecule has 13 rings (SSSR count). The molecule has 2 heterocycles. The highest BCUT2D eigenvalue weighted by Gasteiger charge is 2.55. The molecule has 0 spiro atoms. The van der Waals surface area contributed by atoms with Crippen molar-refractivity contribution < 1.29 is 23.4 Å². The molecule has 10 aromatic carbocycles. The van der Waals surface area contributed by atoms with Crippen molar-refractivity contribution in [2.24, 2.45) is 0 Å². The minimum Gasteiger partial charge on any atom is -0.399 e. The fourth-order valence-electron chi connectivity index (χ4n) is 16.1. The van der Waals surface area contributed by atoms with Crippen LogP contribution in [0.3, 0.4) is 0 Å². The Bertz CT molecular complexity index is 4430. The number of benzene rings is 10. The van der Waals surface area contributed by atoms with Gasteiger partial charge in [-0.15, -0.1) is 0 Å². The van der Waals surface area contributed by atoms with E-state index in [0.717, 1.165) is 101 Å². The van der Waals surface area contributed by atoms with Gasteiger partial charge in [0.1, 0.15) is 6.29 Å². The molecule has 1 unspecified atom stereocenters. The first kappa shape index (κ1) is 89.2. The number of rotatable bonds is 33. The highest BCUT2D eigenvalue weighted by atomic mass is 79.9. The van der Waals surface area contributed by atoms with E-state index in [1.165, 1.54) is 164 Å². The predicted octanol–water partition coefficient (Wildman–Crippen LogP) is 29.8. The van der Waals surface area contributed by atoms with E-state index in [9.17, 15) is 4.79 Å². The molecule has 2 aliphatic heterocycles. The van der Waals surface area contributed by atoms with Gasteiger partial charge in [-0.05, 0) is 325 Å². The molecule has 2 saturated heterocycles. The van der Waals surface area contributed by atoms with Crippen molar-refractivity contribution in [1.29, 1.82) is 0 Å². The molecule has 10 aromatic rings. The molecule has 115 heavy (non-hydrogen) atoms. The second kappa shape index (κ2) is 40.9. The van der Waals surface area contributed by atoms with E-state index in [-0.39, 0.29) is 0 Å². The summed E-state index contributed by atoms with van der Waals surface area (Å²) < 4.78 is 31.7. The van der Waals surface area contributed by atoms with Crippen molar-refractivity contribution in [2.45, 2.75) is 266 Å². The molecule has 0 saturated carbocycles. The van der Waals surface area contributed by atoms with Gasteiger partial charge in [-0.1, -0.05) is 267 Å². The van der Waals surface area contributed by atoms with Crippen LogP contribution in [0.25, 0.3) is 11.1 Å². The molecule has 1 atom stereocenters. The summed E-state index contributed by atoms with van der Waals surface area (Å²) in [6, 6.07) is 79.5. The summed E-state index contributed by atoms with van der Waals surface area (Å²) in [7, 11) is -0.954. The Kier molecular flexibility index (Phi) is 31.7. The molecule has 0 radical (unpaired) electrons. The number of anilines is 6. The Morgan fingerprint density at radius 1 is 0.339 bits per heavy atom. The number of aryl methyl sites for hydroxylation is 4. The molecule has 0 bridgehead atoms. The molecular weight excluding hydrogens is 1670 g/mol. The van der Waals surface area contributed by atoms with Crippen LogP contribution < -0.4 is 20.7 Å². The number of unbranched alkanes of at least 4 members (excludes halogenated alkanes) is 12. The van der Waals surface area contributed by atoms with Gasteiger partial charge in [0.2, 0.25) is 0 Å². The number of carbonyl (C=O) groups excluding carboxylic acids is 1. The second-order valence-electron chi connectivity index (χ2n) is 34.0. The Hall–Kier alpha value is -6.64. The summed E-state index contributed by atoms with van der Waals surface area (Å²) >= 11 is 14.0. The SMILES string of the molecule is CCC(C)c1ccc(N(c2ccc(Br)cc2)c2ccc(Br)cc2)cc1.CCCCCCc1cc(CCCCCC)cc(C2(c3cc(CCCCCC)cc(CCCCCC)c3)c3cc(B4OC(C)(C)C(C)(C)O4)ccc3-c3ccc(B4OC(C)(C)C(C)(C)O4)cc32)c1.O=Cc1ccc(N(c2ccc(Br)cc2)c2ccc(Br)cc2)cc1. The van der Waals surface area contributed by atoms with Gasteiger partial charge < -0.3 is 28.4 Å². The molecule has 13 heteroatoms. The molecule has 604 valence electrons. The first-order chi connectivity index (χ1) is 55.2. The van der Waals surface area contributed by atoms with Gasteiger partial charge in [-0.2, -0.15) is 0 Å². The highest BCUT2D eigenvalue weighted by molar-refractivity contribution is 9.11. The second-order valence-corrected chi connectivity index (χ2v) is 37.7. The summed E-state index contributed by atoms with van der Waals surface area (Å²) in [6.45, 7) is 31.1. The quantitative estimate of drug-likeness (QED) is 0.0231. The third-order valence-corrected chi connectivity index (χ3v) is 26.6. The van der Waals surface area contributed by atoms with Gasteiger partial charge in [-0.25, -0.2) is 0 Å². The van der Waals surface area contributed by atoms with Crippen molar-refractivity contribution in [3.63, 3.8) is 0 Å². The molecule has 0 amide bonds. The molecular formula is C102H122B2Br4N2O5. The summed E-state index contributed by atoms with van der Waals surface area (Å²) in [6.07, 6.45) is 26.4. The van der Waals surface area contributed by atoms with E-state index < -0.39 is 42.1 Å². The summed E-state index contributed by atoms with van der Waals surface area (Å²) in [5.74, 6) is 0.586. The molecule has 0 aromatic heterocycles. The van der Waals surface area contributed by atoms with Crippen LogP contribution in [0.5, 0.6) is 0 Å². The topological polar surface area (TPSA) is 60.5 Å². The fraction of sp³-hybridized carbons (Fsp3) is 0.402. The van der Waals surface area contributed by atoms with Gasteiger partial charge in [0.15, 0.2) is 0 Å². The van der Waals surface area contributed by atoms with E-state index in [4.69, 9.17) is 18.6 Å². The van der Waals surface area contributed by atoms with E-state index in [0.29, 0.717) is 11.5 Å². The first-order valence-electron chi connectivity index (χ1n) is 42.8. The lowest BCUT2D eigenvalue weighted by Crippen LogP contribution is -2.41. The average Bonchev–Trinajstić information content (AvgIpc) is 1.53. The molecule has 0 N–H and O–H groups in total. The van der Waals surface area contributed by atoms with Gasteiger partial charge in [0.25, 0.3) is 0 Å². The van der Waals surface area contributed by atoms with Crippen LogP contribution in [0, 0.1) is 0 Å². The van der Waals surface area contributed by atoms with E-state index in [2.05, 4.69) is 340 Å². The maximum Gasteiger partial charge on any atom is 0.494 e. The zero-order chi connectivity index (χ0) is 82.1. The van der Waals surface area contributed by atoms with Crippen molar-refractivity contribution in [2.75, 3.05) is 9.80 Å². The van der Waals surface area contributed by atoms with Crippen LogP contribution in [0.4, 0.5) is 34.1 Å². The van der Waals surface area contributed by atoms with Crippen LogP contribution in [0.1, 0.15) is 272 Å². The number of carbonyl (C=O) groups is 1. The molecule has 1 aliphatic carbocycles. The Labute approximate surface area is 725 Å². The fourth-order valence-corrected chi connectivity index (χ4v) is 17.2. The summed E-state index contributed by atoms with van der Waals surface area (Å²) in [5, 5.41) is 0. The average molecular weight is 1800 g/mol. The van der Waals surface area contributed by atoms with Crippen LogP contribution >= 0.6 is 63.7 Å². The van der Waals surface area contributed by atoms with Crippen LogP contribution in [-0.2, 0) is 49.7 Å². The Balaban J connectivity index is 0.000000218.